The Hall–Kier alpha value is -3.07. The highest BCUT2D eigenvalue weighted by Crippen LogP contribution is 2.29. The van der Waals surface area contributed by atoms with Crippen molar-refractivity contribution < 1.29 is 27.5 Å². The van der Waals surface area contributed by atoms with Crippen LogP contribution in [-0.2, 0) is 19.6 Å². The summed E-state index contributed by atoms with van der Waals surface area (Å²) in [6.07, 6.45) is 1.70. The van der Waals surface area contributed by atoms with E-state index in [4.69, 9.17) is 9.47 Å². The lowest BCUT2D eigenvalue weighted by atomic mass is 10.2. The molecule has 2 N–H and O–H groups in total. The number of carbonyl (C=O) groups is 2. The summed E-state index contributed by atoms with van der Waals surface area (Å²) in [6, 6.07) is 10.2. The predicted molar refractivity (Wildman–Crippen MR) is 114 cm³/mol. The summed E-state index contributed by atoms with van der Waals surface area (Å²) in [5.41, 5.74) is 0.885. The first-order chi connectivity index (χ1) is 14.3. The van der Waals surface area contributed by atoms with E-state index >= 15 is 0 Å². The van der Waals surface area contributed by atoms with E-state index in [0.717, 1.165) is 12.8 Å². The molecule has 2 aromatic carbocycles. The van der Waals surface area contributed by atoms with Crippen LogP contribution in [0.1, 0.15) is 44.0 Å². The lowest BCUT2D eigenvalue weighted by Crippen LogP contribution is -2.15. The maximum Gasteiger partial charge on any atom is 0.338 e. The Morgan fingerprint density at radius 3 is 2.33 bits per heavy atom. The number of amides is 1. The second-order valence-electron chi connectivity index (χ2n) is 6.44. The summed E-state index contributed by atoms with van der Waals surface area (Å²) in [6.45, 7) is 5.82. The van der Waals surface area contributed by atoms with Crippen LogP contribution in [0.2, 0.25) is 0 Å². The fraction of sp³-hybridized carbons (Fsp3) is 0.333. The smallest absolute Gasteiger partial charge is 0.338 e. The number of carbonyl (C=O) groups excluding carboxylic acids is 2. The van der Waals surface area contributed by atoms with Crippen molar-refractivity contribution in [1.82, 2.24) is 0 Å². The molecule has 0 aliphatic carbocycles. The number of hydrogen-bond donors (Lipinski definition) is 2. The van der Waals surface area contributed by atoms with Crippen LogP contribution in [0.15, 0.2) is 47.4 Å². The van der Waals surface area contributed by atoms with E-state index in [-0.39, 0.29) is 22.2 Å². The van der Waals surface area contributed by atoms with E-state index < -0.39 is 16.0 Å². The number of ether oxygens (including phenoxy) is 2. The van der Waals surface area contributed by atoms with Crippen LogP contribution in [0.4, 0.5) is 11.4 Å². The molecular weight excluding hydrogens is 408 g/mol. The van der Waals surface area contributed by atoms with Crippen molar-refractivity contribution >= 4 is 33.3 Å². The molecule has 2 aromatic rings. The molecule has 2 rings (SSSR count). The van der Waals surface area contributed by atoms with Crippen molar-refractivity contribution in [2.75, 3.05) is 23.3 Å². The predicted octanol–water partition coefficient (Wildman–Crippen LogP) is 3.80. The van der Waals surface area contributed by atoms with Crippen LogP contribution in [0.5, 0.6) is 5.75 Å². The van der Waals surface area contributed by atoms with Crippen LogP contribution < -0.4 is 14.8 Å². The van der Waals surface area contributed by atoms with Gasteiger partial charge in [0.25, 0.3) is 10.0 Å². The molecule has 0 atom stereocenters. The van der Waals surface area contributed by atoms with Gasteiger partial charge < -0.3 is 14.8 Å². The molecule has 0 unspecified atom stereocenters. The highest BCUT2D eigenvalue weighted by atomic mass is 32.2. The molecule has 0 radical (unpaired) electrons. The number of nitrogens with one attached hydrogen (secondary N) is 2. The van der Waals surface area contributed by atoms with Crippen LogP contribution in [0.25, 0.3) is 0 Å². The third kappa shape index (κ3) is 6.48. The molecule has 0 aromatic heterocycles. The summed E-state index contributed by atoms with van der Waals surface area (Å²) < 4.78 is 38.5. The quantitative estimate of drug-likeness (QED) is 0.435. The molecular formula is C21H26N2O6S. The zero-order valence-electron chi connectivity index (χ0n) is 17.2. The fourth-order valence-electron chi connectivity index (χ4n) is 2.53. The van der Waals surface area contributed by atoms with Crippen LogP contribution in [0.3, 0.4) is 0 Å². The Labute approximate surface area is 176 Å². The van der Waals surface area contributed by atoms with E-state index in [1.807, 2.05) is 6.92 Å². The van der Waals surface area contributed by atoms with E-state index in [1.54, 1.807) is 6.92 Å². The van der Waals surface area contributed by atoms with E-state index in [2.05, 4.69) is 10.0 Å². The molecule has 8 nitrogen and oxygen atoms in total. The minimum Gasteiger partial charge on any atom is -0.492 e. The first kappa shape index (κ1) is 23.2. The molecule has 0 fully saturated rings. The largest absolute Gasteiger partial charge is 0.492 e. The average molecular weight is 435 g/mol. The number of unbranched alkanes of at least 4 members (excludes halogenated alkanes) is 1. The molecule has 9 heteroatoms. The first-order valence-corrected chi connectivity index (χ1v) is 11.1. The van der Waals surface area contributed by atoms with Crippen molar-refractivity contribution in [3.8, 4) is 5.75 Å². The summed E-state index contributed by atoms with van der Waals surface area (Å²) >= 11 is 0. The maximum atomic E-state index is 12.7. The van der Waals surface area contributed by atoms with Gasteiger partial charge in [0.2, 0.25) is 5.91 Å². The van der Waals surface area contributed by atoms with Crippen molar-refractivity contribution in [3.63, 3.8) is 0 Å². The summed E-state index contributed by atoms with van der Waals surface area (Å²) in [4.78, 5) is 23.3. The monoisotopic (exact) mass is 434 g/mol. The summed E-state index contributed by atoms with van der Waals surface area (Å²) in [5, 5.41) is 2.57. The van der Waals surface area contributed by atoms with Gasteiger partial charge in [-0.15, -0.1) is 0 Å². The molecule has 0 heterocycles. The molecule has 0 bridgehead atoms. The lowest BCUT2D eigenvalue weighted by molar-refractivity contribution is -0.114. The fourth-order valence-corrected chi connectivity index (χ4v) is 3.61. The lowest BCUT2D eigenvalue weighted by Gasteiger charge is -2.14. The highest BCUT2D eigenvalue weighted by molar-refractivity contribution is 7.92. The first-order valence-electron chi connectivity index (χ1n) is 9.61. The van der Waals surface area contributed by atoms with Gasteiger partial charge in [-0.3, -0.25) is 9.52 Å². The van der Waals surface area contributed by atoms with Crippen LogP contribution >= 0.6 is 0 Å². The van der Waals surface area contributed by atoms with Crippen molar-refractivity contribution in [3.05, 3.63) is 48.0 Å². The van der Waals surface area contributed by atoms with Crippen LogP contribution in [-0.4, -0.2) is 33.5 Å². The van der Waals surface area contributed by atoms with Gasteiger partial charge in [-0.2, -0.15) is 0 Å². The highest BCUT2D eigenvalue weighted by Gasteiger charge is 2.18. The maximum absolute atomic E-state index is 12.7. The second-order valence-corrected chi connectivity index (χ2v) is 8.13. The number of rotatable bonds is 10. The number of anilines is 2. The Morgan fingerprint density at radius 2 is 1.73 bits per heavy atom. The second kappa shape index (κ2) is 10.6. The van der Waals surface area contributed by atoms with Gasteiger partial charge >= 0.3 is 5.97 Å². The van der Waals surface area contributed by atoms with Gasteiger partial charge in [0.15, 0.2) is 0 Å². The van der Waals surface area contributed by atoms with Gasteiger partial charge in [0.1, 0.15) is 5.75 Å². The Morgan fingerprint density at radius 1 is 1.03 bits per heavy atom. The molecule has 30 heavy (non-hydrogen) atoms. The number of sulfonamides is 1. The third-order valence-electron chi connectivity index (χ3n) is 3.98. The zero-order valence-corrected chi connectivity index (χ0v) is 18.0. The van der Waals surface area contributed by atoms with Crippen molar-refractivity contribution in [2.24, 2.45) is 0 Å². The summed E-state index contributed by atoms with van der Waals surface area (Å²) in [7, 11) is -3.93. The number of hydrogen-bond acceptors (Lipinski definition) is 6. The molecule has 0 aliphatic rings. The van der Waals surface area contributed by atoms with E-state index in [9.17, 15) is 18.0 Å². The molecule has 0 spiro atoms. The average Bonchev–Trinajstić information content (AvgIpc) is 2.69. The van der Waals surface area contributed by atoms with Gasteiger partial charge in [-0.25, -0.2) is 13.2 Å². The molecule has 162 valence electrons. The van der Waals surface area contributed by atoms with E-state index in [1.165, 1.54) is 49.4 Å². The molecule has 0 aliphatic heterocycles. The van der Waals surface area contributed by atoms with Gasteiger partial charge in [0.05, 0.1) is 29.4 Å². The van der Waals surface area contributed by atoms with Crippen molar-refractivity contribution in [1.29, 1.82) is 0 Å². The normalized spacial score (nSPS) is 10.9. The molecule has 1 amide bonds. The number of benzene rings is 2. The zero-order chi connectivity index (χ0) is 22.1. The van der Waals surface area contributed by atoms with E-state index in [0.29, 0.717) is 24.5 Å². The molecule has 0 saturated heterocycles. The molecule has 0 saturated carbocycles. The number of esters is 1. The Balaban J connectivity index is 2.17. The topological polar surface area (TPSA) is 111 Å². The minimum atomic E-state index is -3.93. The van der Waals surface area contributed by atoms with Crippen LogP contribution in [0, 0.1) is 0 Å². The standard InChI is InChI=1S/C21H26N2O6S/c1-4-6-13-29-21(25)16-7-9-17(10-8-16)23-30(26,27)18-11-12-20(28-5-2)19(14-18)22-15(3)24/h7-12,14,23H,4-6,13H2,1-3H3,(H,22,24). The van der Waals surface area contributed by atoms with Gasteiger partial charge in [-0.05, 0) is 55.8 Å². The SMILES string of the molecule is CCCCOC(=O)c1ccc(NS(=O)(=O)c2ccc(OCC)c(NC(C)=O)c2)cc1. The van der Waals surface area contributed by atoms with Gasteiger partial charge in [0, 0.05) is 12.6 Å². The summed E-state index contributed by atoms with van der Waals surface area (Å²) in [5.74, 6) is -0.429. The third-order valence-corrected chi connectivity index (χ3v) is 5.35. The Bertz CT molecular complexity index is 987. The van der Waals surface area contributed by atoms with Gasteiger partial charge in [-0.1, -0.05) is 13.3 Å². The Kier molecular flexibility index (Phi) is 8.23. The minimum absolute atomic E-state index is 0.0437. The van der Waals surface area contributed by atoms with Crippen molar-refractivity contribution in [2.45, 2.75) is 38.5 Å².